The van der Waals surface area contributed by atoms with Gasteiger partial charge in [-0.05, 0) is 42.0 Å². The number of terminal acetylenes is 1. The number of nitrogens with one attached hydrogen (secondary N) is 1. The Morgan fingerprint density at radius 2 is 2.14 bits per heavy atom. The average Bonchev–Trinajstić information content (AvgIpc) is 2.88. The lowest BCUT2D eigenvalue weighted by atomic mass is 10.1. The minimum atomic E-state index is -0.197. The highest BCUT2D eigenvalue weighted by molar-refractivity contribution is 9.10. The Balaban J connectivity index is 1.77. The molecule has 3 rings (SSSR count). The van der Waals surface area contributed by atoms with Gasteiger partial charge >= 0.3 is 0 Å². The summed E-state index contributed by atoms with van der Waals surface area (Å²) in [6.45, 7) is 0. The van der Waals surface area contributed by atoms with Crippen molar-refractivity contribution in [1.82, 2.24) is 5.32 Å². The number of carbonyl (C=O) groups is 1. The second kappa shape index (κ2) is 5.55. The average molecular weight is 339 g/mol. The van der Waals surface area contributed by atoms with Gasteiger partial charge in [-0.3, -0.25) is 4.79 Å². The number of hydrogen-bond donors (Lipinski definition) is 1. The first kappa shape index (κ1) is 13.6. The summed E-state index contributed by atoms with van der Waals surface area (Å²) < 4.78 is 1.01. The first-order chi connectivity index (χ1) is 10.2. The van der Waals surface area contributed by atoms with E-state index in [1.807, 2.05) is 18.2 Å². The number of carbonyl (C=O) groups excluding carboxylic acids is 1. The Kier molecular flexibility index (Phi) is 3.59. The van der Waals surface area contributed by atoms with Gasteiger partial charge in [-0.1, -0.05) is 27.9 Å². The first-order valence-corrected chi connectivity index (χ1v) is 7.19. The Morgan fingerprint density at radius 1 is 1.29 bits per heavy atom. The van der Waals surface area contributed by atoms with E-state index in [2.05, 4.69) is 32.2 Å². The van der Waals surface area contributed by atoms with Crippen molar-refractivity contribution in [3.63, 3.8) is 0 Å². The monoisotopic (exact) mass is 338 g/mol. The van der Waals surface area contributed by atoms with E-state index in [9.17, 15) is 4.79 Å². The van der Waals surface area contributed by atoms with Crippen molar-refractivity contribution < 1.29 is 4.79 Å². The lowest BCUT2D eigenvalue weighted by molar-refractivity contribution is 0.0976. The standard InChI is InChI=1S/C17H11BrN2O/c1-2-11-4-3-5-12(8-11)17(21)20-16-10-13-9-14(18)6-7-15(13)19-16/h1,3-9H,10H2,(H,19,20,21). The second-order valence-corrected chi connectivity index (χ2v) is 5.60. The third kappa shape index (κ3) is 2.88. The molecule has 0 fully saturated rings. The zero-order valence-corrected chi connectivity index (χ0v) is 12.6. The van der Waals surface area contributed by atoms with Crippen molar-refractivity contribution in [2.45, 2.75) is 6.42 Å². The van der Waals surface area contributed by atoms with E-state index in [0.717, 1.165) is 15.7 Å². The van der Waals surface area contributed by atoms with Gasteiger partial charge in [0, 0.05) is 22.0 Å². The van der Waals surface area contributed by atoms with Gasteiger partial charge in [0.15, 0.2) is 0 Å². The van der Waals surface area contributed by atoms with Crippen LogP contribution in [0.2, 0.25) is 0 Å². The molecule has 0 bridgehead atoms. The minimum absolute atomic E-state index is 0.197. The van der Waals surface area contributed by atoms with Crippen LogP contribution in [0.5, 0.6) is 0 Å². The lowest BCUT2D eigenvalue weighted by Crippen LogP contribution is -2.30. The van der Waals surface area contributed by atoms with Gasteiger partial charge in [0.2, 0.25) is 0 Å². The molecule has 1 N–H and O–H groups in total. The Bertz CT molecular complexity index is 803. The predicted molar refractivity (Wildman–Crippen MR) is 86.8 cm³/mol. The number of nitrogens with zero attached hydrogens (tertiary/aromatic N) is 1. The lowest BCUT2D eigenvalue weighted by Gasteiger charge is -2.04. The molecule has 1 heterocycles. The van der Waals surface area contributed by atoms with E-state index in [-0.39, 0.29) is 5.91 Å². The number of aliphatic imine (C=N–C) groups is 1. The number of fused-ring (bicyclic) bond motifs is 1. The van der Waals surface area contributed by atoms with E-state index in [0.29, 0.717) is 23.4 Å². The number of benzene rings is 2. The molecule has 2 aromatic carbocycles. The van der Waals surface area contributed by atoms with Crippen LogP contribution in [0.4, 0.5) is 5.69 Å². The zero-order valence-electron chi connectivity index (χ0n) is 11.1. The summed E-state index contributed by atoms with van der Waals surface area (Å²) in [6, 6.07) is 12.9. The number of amides is 1. The van der Waals surface area contributed by atoms with E-state index in [4.69, 9.17) is 6.42 Å². The van der Waals surface area contributed by atoms with Crippen LogP contribution in [0.3, 0.4) is 0 Å². The maximum absolute atomic E-state index is 12.2. The van der Waals surface area contributed by atoms with Gasteiger partial charge in [-0.25, -0.2) is 4.99 Å². The van der Waals surface area contributed by atoms with Gasteiger partial charge in [0.05, 0.1) is 5.69 Å². The molecule has 0 aromatic heterocycles. The normalized spacial score (nSPS) is 12.3. The van der Waals surface area contributed by atoms with Crippen molar-refractivity contribution in [1.29, 1.82) is 0 Å². The SMILES string of the molecule is C#Cc1cccc(C(=O)NC2=Nc3ccc(Br)cc3C2)c1. The summed E-state index contributed by atoms with van der Waals surface area (Å²) in [5.74, 6) is 2.98. The molecule has 3 nitrogen and oxygen atoms in total. The summed E-state index contributed by atoms with van der Waals surface area (Å²) in [4.78, 5) is 16.6. The minimum Gasteiger partial charge on any atom is -0.310 e. The number of hydrogen-bond acceptors (Lipinski definition) is 2. The molecule has 1 aliphatic heterocycles. The summed E-state index contributed by atoms with van der Waals surface area (Å²) in [5, 5.41) is 2.84. The van der Waals surface area contributed by atoms with Gasteiger partial charge in [0.1, 0.15) is 5.84 Å². The van der Waals surface area contributed by atoms with Crippen molar-refractivity contribution >= 4 is 33.4 Å². The zero-order chi connectivity index (χ0) is 14.8. The van der Waals surface area contributed by atoms with Crippen molar-refractivity contribution in [3.05, 3.63) is 63.6 Å². The van der Waals surface area contributed by atoms with Crippen molar-refractivity contribution in [3.8, 4) is 12.3 Å². The summed E-state index contributed by atoms with van der Waals surface area (Å²) in [5.41, 5.74) is 3.21. The fraction of sp³-hybridized carbons (Fsp3) is 0.0588. The van der Waals surface area contributed by atoms with Gasteiger partial charge < -0.3 is 5.32 Å². The van der Waals surface area contributed by atoms with Crippen LogP contribution in [-0.2, 0) is 6.42 Å². The summed E-state index contributed by atoms with van der Waals surface area (Å²) in [7, 11) is 0. The molecule has 0 atom stereocenters. The summed E-state index contributed by atoms with van der Waals surface area (Å²) >= 11 is 3.43. The molecular formula is C17H11BrN2O. The topological polar surface area (TPSA) is 41.5 Å². The van der Waals surface area contributed by atoms with E-state index in [1.165, 1.54) is 0 Å². The number of amidine groups is 1. The third-order valence-electron chi connectivity index (χ3n) is 3.20. The number of halogens is 1. The Morgan fingerprint density at radius 3 is 2.95 bits per heavy atom. The van der Waals surface area contributed by atoms with Crippen LogP contribution < -0.4 is 5.32 Å². The Hall–Kier alpha value is -2.38. The van der Waals surface area contributed by atoms with Gasteiger partial charge in [-0.15, -0.1) is 6.42 Å². The highest BCUT2D eigenvalue weighted by Crippen LogP contribution is 2.28. The molecule has 1 aliphatic rings. The van der Waals surface area contributed by atoms with E-state index in [1.54, 1.807) is 24.3 Å². The smallest absolute Gasteiger partial charge is 0.256 e. The highest BCUT2D eigenvalue weighted by atomic mass is 79.9. The predicted octanol–water partition coefficient (Wildman–Crippen LogP) is 3.45. The van der Waals surface area contributed by atoms with E-state index >= 15 is 0 Å². The van der Waals surface area contributed by atoms with Crippen molar-refractivity contribution in [2.75, 3.05) is 0 Å². The van der Waals surface area contributed by atoms with Crippen LogP contribution in [-0.4, -0.2) is 11.7 Å². The molecule has 4 heteroatoms. The largest absolute Gasteiger partial charge is 0.310 e. The fourth-order valence-electron chi connectivity index (χ4n) is 2.20. The van der Waals surface area contributed by atoms with Crippen LogP contribution in [0, 0.1) is 12.3 Å². The third-order valence-corrected chi connectivity index (χ3v) is 3.70. The van der Waals surface area contributed by atoms with Crippen molar-refractivity contribution in [2.24, 2.45) is 4.99 Å². The summed E-state index contributed by atoms with van der Waals surface area (Å²) in [6.07, 6.45) is 5.96. The van der Waals surface area contributed by atoms with Crippen LogP contribution in [0.1, 0.15) is 21.5 Å². The van der Waals surface area contributed by atoms with Crippen LogP contribution >= 0.6 is 15.9 Å². The van der Waals surface area contributed by atoms with Gasteiger partial charge in [0.25, 0.3) is 5.91 Å². The maximum atomic E-state index is 12.2. The van der Waals surface area contributed by atoms with Gasteiger partial charge in [-0.2, -0.15) is 0 Å². The quantitative estimate of drug-likeness (QED) is 0.795. The molecule has 2 aromatic rings. The molecule has 0 spiro atoms. The Labute approximate surface area is 131 Å². The highest BCUT2D eigenvalue weighted by Gasteiger charge is 2.17. The molecule has 1 amide bonds. The molecule has 21 heavy (non-hydrogen) atoms. The number of rotatable bonds is 1. The van der Waals surface area contributed by atoms with Crippen LogP contribution in [0.25, 0.3) is 0 Å². The molecule has 0 aliphatic carbocycles. The fourth-order valence-corrected chi connectivity index (χ4v) is 2.60. The van der Waals surface area contributed by atoms with E-state index < -0.39 is 0 Å². The molecule has 0 saturated carbocycles. The first-order valence-electron chi connectivity index (χ1n) is 6.40. The molecule has 0 radical (unpaired) electrons. The van der Waals surface area contributed by atoms with Crippen LogP contribution in [0.15, 0.2) is 51.9 Å². The second-order valence-electron chi connectivity index (χ2n) is 4.69. The molecule has 0 unspecified atom stereocenters. The molecule has 0 saturated heterocycles. The molecular weight excluding hydrogens is 328 g/mol. The maximum Gasteiger partial charge on any atom is 0.256 e. The molecule has 102 valence electrons.